The Kier molecular flexibility index (Phi) is 4.54. The lowest BCUT2D eigenvalue weighted by molar-refractivity contribution is 0.0105. The molecular weight excluding hydrogens is 234 g/mol. The first kappa shape index (κ1) is 13.0. The minimum Gasteiger partial charge on any atom is -0.472 e. The molecule has 0 aromatic carbocycles. The Morgan fingerprint density at radius 3 is 2.76 bits per heavy atom. The van der Waals surface area contributed by atoms with E-state index in [2.05, 4.69) is 24.6 Å². The minimum absolute atomic E-state index is 0.319. The Hall–Kier alpha value is -0.450. The molecule has 0 saturated carbocycles. The van der Waals surface area contributed by atoms with Gasteiger partial charge in [0.25, 0.3) is 0 Å². The second-order valence-electron chi connectivity index (χ2n) is 5.07. The average molecular weight is 255 g/mol. The summed E-state index contributed by atoms with van der Waals surface area (Å²) in [5.41, 5.74) is 1.55. The van der Waals surface area contributed by atoms with E-state index in [-0.39, 0.29) is 0 Å². The van der Waals surface area contributed by atoms with Gasteiger partial charge in [-0.2, -0.15) is 12.6 Å². The summed E-state index contributed by atoms with van der Waals surface area (Å²) in [7, 11) is 2.16. The average Bonchev–Trinajstić information content (AvgIpc) is 2.83. The van der Waals surface area contributed by atoms with E-state index >= 15 is 0 Å². The first-order valence-corrected chi connectivity index (χ1v) is 6.76. The normalized spacial score (nSPS) is 19.7. The zero-order chi connectivity index (χ0) is 12.1. The molecule has 96 valence electrons. The van der Waals surface area contributed by atoms with Crippen molar-refractivity contribution < 1.29 is 9.15 Å². The highest BCUT2D eigenvalue weighted by Gasteiger charge is 2.32. The quantitative estimate of drug-likeness (QED) is 0.818. The standard InChI is InChI=1S/C13H21NO2S/c1-14(8-12-2-5-16-9-12)10-13(11-17)3-6-15-7-4-13/h2,5,9,17H,3-4,6-8,10-11H2,1H3. The van der Waals surface area contributed by atoms with E-state index in [0.29, 0.717) is 5.41 Å². The van der Waals surface area contributed by atoms with E-state index in [0.717, 1.165) is 44.9 Å². The molecule has 1 aliphatic heterocycles. The summed E-state index contributed by atoms with van der Waals surface area (Å²) in [6.07, 6.45) is 5.78. The van der Waals surface area contributed by atoms with Crippen LogP contribution in [0, 0.1) is 5.41 Å². The molecule has 0 amide bonds. The highest BCUT2D eigenvalue weighted by Crippen LogP contribution is 2.32. The van der Waals surface area contributed by atoms with Crippen LogP contribution in [-0.2, 0) is 11.3 Å². The lowest BCUT2D eigenvalue weighted by Crippen LogP contribution is -2.41. The summed E-state index contributed by atoms with van der Waals surface area (Å²) >= 11 is 4.54. The third-order valence-electron chi connectivity index (χ3n) is 3.53. The summed E-state index contributed by atoms with van der Waals surface area (Å²) in [4.78, 5) is 2.35. The fraction of sp³-hybridized carbons (Fsp3) is 0.692. The Balaban J connectivity index is 1.89. The molecule has 3 nitrogen and oxygen atoms in total. The molecule has 1 aromatic heterocycles. The van der Waals surface area contributed by atoms with Crippen LogP contribution in [0.4, 0.5) is 0 Å². The van der Waals surface area contributed by atoms with Crippen molar-refractivity contribution >= 4 is 12.6 Å². The minimum atomic E-state index is 0.319. The number of nitrogens with zero attached hydrogens (tertiary/aromatic N) is 1. The van der Waals surface area contributed by atoms with Gasteiger partial charge in [-0.15, -0.1) is 0 Å². The predicted molar refractivity (Wildman–Crippen MR) is 71.4 cm³/mol. The molecule has 1 aromatic rings. The van der Waals surface area contributed by atoms with E-state index in [4.69, 9.17) is 9.15 Å². The van der Waals surface area contributed by atoms with Gasteiger partial charge >= 0.3 is 0 Å². The van der Waals surface area contributed by atoms with Crippen molar-refractivity contribution in [2.24, 2.45) is 5.41 Å². The van der Waals surface area contributed by atoms with Crippen LogP contribution < -0.4 is 0 Å². The summed E-state index contributed by atoms with van der Waals surface area (Å²) in [5, 5.41) is 0. The number of ether oxygens (including phenoxy) is 1. The molecule has 0 radical (unpaired) electrons. The van der Waals surface area contributed by atoms with Gasteiger partial charge in [0.05, 0.1) is 12.5 Å². The number of thiol groups is 1. The van der Waals surface area contributed by atoms with Gasteiger partial charge in [0.1, 0.15) is 0 Å². The molecule has 1 aliphatic rings. The van der Waals surface area contributed by atoms with Gasteiger partial charge in [-0.05, 0) is 37.1 Å². The maximum atomic E-state index is 5.45. The van der Waals surface area contributed by atoms with Gasteiger partial charge < -0.3 is 14.1 Å². The zero-order valence-corrected chi connectivity index (χ0v) is 11.3. The molecule has 0 aliphatic carbocycles. The lowest BCUT2D eigenvalue weighted by atomic mass is 9.81. The largest absolute Gasteiger partial charge is 0.472 e. The molecule has 0 bridgehead atoms. The van der Waals surface area contributed by atoms with Crippen LogP contribution in [0.5, 0.6) is 0 Å². The third kappa shape index (κ3) is 3.50. The monoisotopic (exact) mass is 255 g/mol. The molecule has 0 atom stereocenters. The van der Waals surface area contributed by atoms with Gasteiger partial charge in [0.15, 0.2) is 0 Å². The second kappa shape index (κ2) is 5.94. The first-order chi connectivity index (χ1) is 8.24. The van der Waals surface area contributed by atoms with E-state index in [9.17, 15) is 0 Å². The van der Waals surface area contributed by atoms with Crippen molar-refractivity contribution in [1.29, 1.82) is 0 Å². The summed E-state index contributed by atoms with van der Waals surface area (Å²) < 4.78 is 10.5. The molecule has 2 heterocycles. The summed E-state index contributed by atoms with van der Waals surface area (Å²) in [6, 6.07) is 2.02. The van der Waals surface area contributed by atoms with Crippen molar-refractivity contribution in [2.75, 3.05) is 32.6 Å². The maximum Gasteiger partial charge on any atom is 0.0947 e. The Labute approximate surface area is 109 Å². The number of furan rings is 1. The molecule has 0 spiro atoms. The lowest BCUT2D eigenvalue weighted by Gasteiger charge is -2.39. The number of rotatable bonds is 5. The molecule has 17 heavy (non-hydrogen) atoms. The topological polar surface area (TPSA) is 25.6 Å². The van der Waals surface area contributed by atoms with Crippen LogP contribution in [0.25, 0.3) is 0 Å². The molecule has 1 saturated heterocycles. The van der Waals surface area contributed by atoms with Crippen LogP contribution >= 0.6 is 12.6 Å². The highest BCUT2D eigenvalue weighted by atomic mass is 32.1. The third-order valence-corrected chi connectivity index (χ3v) is 4.20. The van der Waals surface area contributed by atoms with Crippen molar-refractivity contribution in [3.63, 3.8) is 0 Å². The van der Waals surface area contributed by atoms with Crippen LogP contribution in [0.3, 0.4) is 0 Å². The van der Waals surface area contributed by atoms with E-state index in [1.54, 1.807) is 6.26 Å². The fourth-order valence-electron chi connectivity index (χ4n) is 2.49. The second-order valence-corrected chi connectivity index (χ2v) is 5.39. The molecule has 4 heteroatoms. The van der Waals surface area contributed by atoms with Crippen molar-refractivity contribution in [1.82, 2.24) is 4.90 Å². The molecule has 1 fully saturated rings. The summed E-state index contributed by atoms with van der Waals surface area (Å²) in [5.74, 6) is 0.937. The van der Waals surface area contributed by atoms with Gasteiger partial charge in [-0.1, -0.05) is 0 Å². The number of hydrogen-bond donors (Lipinski definition) is 1. The SMILES string of the molecule is CN(Cc1ccoc1)CC1(CS)CCOCC1. The number of hydrogen-bond acceptors (Lipinski definition) is 4. The maximum absolute atomic E-state index is 5.45. The van der Waals surface area contributed by atoms with Gasteiger partial charge in [-0.25, -0.2) is 0 Å². The molecule has 0 unspecified atom stereocenters. The molecule has 2 rings (SSSR count). The Morgan fingerprint density at radius 1 is 1.41 bits per heavy atom. The van der Waals surface area contributed by atoms with Crippen LogP contribution in [0.15, 0.2) is 23.0 Å². The van der Waals surface area contributed by atoms with Gasteiger partial charge in [0.2, 0.25) is 0 Å². The molecule has 0 N–H and O–H groups in total. The Bertz CT molecular complexity index is 320. The smallest absolute Gasteiger partial charge is 0.0947 e. The van der Waals surface area contributed by atoms with Gasteiger partial charge in [-0.3, -0.25) is 0 Å². The first-order valence-electron chi connectivity index (χ1n) is 6.12. The fourth-order valence-corrected chi connectivity index (χ4v) is 2.91. The van der Waals surface area contributed by atoms with Crippen molar-refractivity contribution in [3.8, 4) is 0 Å². The van der Waals surface area contributed by atoms with E-state index in [1.807, 2.05) is 12.3 Å². The van der Waals surface area contributed by atoms with Crippen LogP contribution in [-0.4, -0.2) is 37.5 Å². The van der Waals surface area contributed by atoms with Gasteiger partial charge in [0, 0.05) is 31.9 Å². The summed E-state index contributed by atoms with van der Waals surface area (Å²) in [6.45, 7) is 3.76. The van der Waals surface area contributed by atoms with Crippen LogP contribution in [0.2, 0.25) is 0 Å². The predicted octanol–water partition coefficient (Wildman–Crippen LogP) is 2.44. The highest BCUT2D eigenvalue weighted by molar-refractivity contribution is 7.80. The van der Waals surface area contributed by atoms with Crippen molar-refractivity contribution in [3.05, 3.63) is 24.2 Å². The zero-order valence-electron chi connectivity index (χ0n) is 10.4. The Morgan fingerprint density at radius 2 is 2.18 bits per heavy atom. The van der Waals surface area contributed by atoms with E-state index in [1.165, 1.54) is 5.56 Å². The van der Waals surface area contributed by atoms with Crippen molar-refractivity contribution in [2.45, 2.75) is 19.4 Å². The van der Waals surface area contributed by atoms with Crippen LogP contribution in [0.1, 0.15) is 18.4 Å². The van der Waals surface area contributed by atoms with E-state index < -0.39 is 0 Å². The molecular formula is C13H21NO2S.